The fourth-order valence-electron chi connectivity index (χ4n) is 7.57. The maximum atomic E-state index is 14.1. The van der Waals surface area contributed by atoms with Crippen molar-refractivity contribution in [3.05, 3.63) is 40.2 Å². The number of primary amides is 1. The molecule has 1 saturated carbocycles. The highest BCUT2D eigenvalue weighted by Crippen LogP contribution is 2.56. The number of hydrogen-bond donors (Lipinski definition) is 7. The number of nitrogens with two attached hydrogens (primary N) is 1. The van der Waals surface area contributed by atoms with Crippen LogP contribution in [-0.4, -0.2) is 110 Å². The smallest absolute Gasteiger partial charge is 0.255 e. The number of amides is 1. The molecule has 0 aromatic heterocycles. The molecule has 8 N–H and O–H groups in total. The lowest BCUT2D eigenvalue weighted by Crippen LogP contribution is -2.70. The molecule has 3 unspecified atom stereocenters. The summed E-state index contributed by atoms with van der Waals surface area (Å²) in [5.74, 6) is -8.92. The highest BCUT2D eigenvalue weighted by molar-refractivity contribution is 6.24. The van der Waals surface area contributed by atoms with Gasteiger partial charge in [-0.05, 0) is 57.5 Å². The van der Waals surface area contributed by atoms with Gasteiger partial charge in [0.15, 0.2) is 11.4 Å². The van der Waals surface area contributed by atoms with Gasteiger partial charge in [-0.3, -0.25) is 19.3 Å². The number of likely N-dealkylation sites (N-methyl/N-ethyl adjacent to an activating group) is 1. The number of fused-ring (bicyclic) bond motifs is 3. The molecule has 5 rings (SSSR count). The first kappa shape index (κ1) is 30.0. The van der Waals surface area contributed by atoms with Crippen molar-refractivity contribution in [3.8, 4) is 5.75 Å². The van der Waals surface area contributed by atoms with E-state index in [2.05, 4.69) is 17.1 Å². The van der Waals surface area contributed by atoms with Crippen LogP contribution in [0.15, 0.2) is 29.0 Å². The lowest BCUT2D eigenvalue weighted by Gasteiger charge is -2.53. The van der Waals surface area contributed by atoms with Gasteiger partial charge in [-0.15, -0.1) is 0 Å². The number of phenolic OH excluding ortho intramolecular Hbond substituents is 1. The number of ketones is 2. The standard InChI is InChI=1S/C30H40N4O8/c1-5-10-34-11-8-14(9-12-34)32-16-7-6-15-13(2)17-19(24(36)18(15)23(16)35)27(39)30(42)21(25(17)37)22(33(3)4)26(38)20(28(30)40)29(31)41/h6-7,13-14,17,21-22,25,32,35-37,40,42H,5,8-12H2,1-4H3,(H2,31,41)/t13?,17-,21?,22?,25+,30+/m1/s1. The molecule has 228 valence electrons. The zero-order valence-electron chi connectivity index (χ0n) is 24.3. The van der Waals surface area contributed by atoms with Crippen molar-refractivity contribution >= 4 is 28.9 Å². The molecule has 1 aromatic rings. The Bertz CT molecular complexity index is 1400. The molecular weight excluding hydrogens is 544 g/mol. The number of carbonyl (C=O) groups is 3. The van der Waals surface area contributed by atoms with Gasteiger partial charge >= 0.3 is 0 Å². The minimum absolute atomic E-state index is 0.0144. The Balaban J connectivity index is 1.60. The highest BCUT2D eigenvalue weighted by atomic mass is 16.4. The first-order valence-electron chi connectivity index (χ1n) is 14.4. The molecule has 2 fully saturated rings. The molecule has 0 bridgehead atoms. The number of likely N-dealkylation sites (tertiary alicyclic amines) is 1. The van der Waals surface area contributed by atoms with Gasteiger partial charge in [0.25, 0.3) is 5.91 Å². The molecule has 1 amide bonds. The summed E-state index contributed by atoms with van der Waals surface area (Å²) in [4.78, 5) is 43.3. The number of hydrogen-bond acceptors (Lipinski definition) is 11. The van der Waals surface area contributed by atoms with Gasteiger partial charge < -0.3 is 41.5 Å². The number of nitrogens with zero attached hydrogens (tertiary/aromatic N) is 2. The summed E-state index contributed by atoms with van der Waals surface area (Å²) < 4.78 is 0. The van der Waals surface area contributed by atoms with Gasteiger partial charge in [0.2, 0.25) is 5.78 Å². The van der Waals surface area contributed by atoms with Crippen LogP contribution < -0.4 is 11.1 Å². The molecule has 12 heteroatoms. The molecule has 1 saturated heterocycles. The number of rotatable bonds is 6. The molecule has 12 nitrogen and oxygen atoms in total. The van der Waals surface area contributed by atoms with Crippen LogP contribution in [0.2, 0.25) is 0 Å². The summed E-state index contributed by atoms with van der Waals surface area (Å²) in [5, 5.41) is 60.8. The normalized spacial score (nSPS) is 32.1. The third-order valence-corrected chi connectivity index (χ3v) is 9.62. The average molecular weight is 585 g/mol. The largest absolute Gasteiger partial charge is 0.508 e. The van der Waals surface area contributed by atoms with Gasteiger partial charge in [-0.1, -0.05) is 19.9 Å². The maximum absolute atomic E-state index is 14.1. The second-order valence-corrected chi connectivity index (χ2v) is 12.2. The molecule has 0 radical (unpaired) electrons. The Labute approximate surface area is 244 Å². The summed E-state index contributed by atoms with van der Waals surface area (Å²) in [6.07, 6.45) is 1.18. The van der Waals surface area contributed by atoms with Crippen LogP contribution in [0.5, 0.6) is 5.75 Å². The number of nitrogens with one attached hydrogen (secondary N) is 1. The number of benzene rings is 1. The van der Waals surface area contributed by atoms with Crippen molar-refractivity contribution < 1.29 is 39.9 Å². The van der Waals surface area contributed by atoms with E-state index in [1.54, 1.807) is 19.1 Å². The Hall–Kier alpha value is -3.45. The van der Waals surface area contributed by atoms with Crippen molar-refractivity contribution in [2.75, 3.05) is 39.0 Å². The first-order valence-corrected chi connectivity index (χ1v) is 14.4. The zero-order chi connectivity index (χ0) is 30.8. The molecule has 6 atom stereocenters. The number of piperidine rings is 1. The zero-order valence-corrected chi connectivity index (χ0v) is 24.3. The number of aromatic hydroxyl groups is 1. The molecule has 1 aromatic carbocycles. The van der Waals surface area contributed by atoms with Crippen LogP contribution in [0.4, 0.5) is 5.69 Å². The van der Waals surface area contributed by atoms with E-state index >= 15 is 0 Å². The molecule has 3 aliphatic carbocycles. The average Bonchev–Trinajstić information content (AvgIpc) is 2.92. The van der Waals surface area contributed by atoms with Crippen molar-refractivity contribution in [2.45, 2.75) is 62.8 Å². The molecule has 42 heavy (non-hydrogen) atoms. The number of phenols is 1. The predicted octanol–water partition coefficient (Wildman–Crippen LogP) is 0.782. The van der Waals surface area contributed by atoms with E-state index in [4.69, 9.17) is 5.73 Å². The third-order valence-electron chi connectivity index (χ3n) is 9.62. The second kappa shape index (κ2) is 10.7. The lowest BCUT2D eigenvalue weighted by molar-refractivity contribution is -0.169. The molecular formula is C30H40N4O8. The summed E-state index contributed by atoms with van der Waals surface area (Å²) in [5.41, 5.74) is 1.93. The van der Waals surface area contributed by atoms with Crippen molar-refractivity contribution in [1.82, 2.24) is 9.80 Å². The minimum Gasteiger partial charge on any atom is -0.508 e. The first-order chi connectivity index (χ1) is 19.8. The molecule has 4 aliphatic rings. The van der Waals surface area contributed by atoms with E-state index < -0.39 is 75.6 Å². The van der Waals surface area contributed by atoms with E-state index in [1.807, 2.05) is 0 Å². The van der Waals surface area contributed by atoms with Crippen molar-refractivity contribution in [3.63, 3.8) is 0 Å². The highest BCUT2D eigenvalue weighted by Gasteiger charge is 2.68. The molecule has 1 heterocycles. The van der Waals surface area contributed by atoms with Gasteiger partial charge in [0.1, 0.15) is 22.8 Å². The summed E-state index contributed by atoms with van der Waals surface area (Å²) in [6.45, 7) is 6.71. The van der Waals surface area contributed by atoms with E-state index in [9.17, 15) is 39.9 Å². The van der Waals surface area contributed by atoms with Gasteiger partial charge in [-0.25, -0.2) is 0 Å². The van der Waals surface area contributed by atoms with Crippen molar-refractivity contribution in [2.24, 2.45) is 17.6 Å². The van der Waals surface area contributed by atoms with E-state index in [-0.39, 0.29) is 17.4 Å². The van der Waals surface area contributed by atoms with Crippen LogP contribution in [0.25, 0.3) is 5.76 Å². The Morgan fingerprint density at radius 2 is 1.81 bits per heavy atom. The number of aliphatic hydroxyl groups excluding tert-OH is 3. The lowest BCUT2D eigenvalue weighted by atomic mass is 9.54. The van der Waals surface area contributed by atoms with Crippen LogP contribution in [-0.2, 0) is 14.4 Å². The van der Waals surface area contributed by atoms with Crippen LogP contribution >= 0.6 is 0 Å². The van der Waals surface area contributed by atoms with E-state index in [0.29, 0.717) is 11.3 Å². The number of aliphatic hydroxyl groups is 4. The topological polar surface area (TPSA) is 197 Å². The summed E-state index contributed by atoms with van der Waals surface area (Å²) >= 11 is 0. The Morgan fingerprint density at radius 1 is 1.17 bits per heavy atom. The van der Waals surface area contributed by atoms with Gasteiger partial charge in [-0.2, -0.15) is 0 Å². The molecule has 0 spiro atoms. The summed E-state index contributed by atoms with van der Waals surface area (Å²) in [6, 6.07) is 2.13. The van der Waals surface area contributed by atoms with Crippen LogP contribution in [0.1, 0.15) is 50.2 Å². The number of Topliss-reactive ketones (excluding diaryl/α,β-unsaturated/α-hetero) is 2. The van der Waals surface area contributed by atoms with Crippen LogP contribution in [0.3, 0.4) is 0 Å². The number of carbonyl (C=O) groups excluding carboxylic acids is 3. The molecule has 1 aliphatic heterocycles. The third kappa shape index (κ3) is 4.23. The SMILES string of the molecule is CCCN1CCC(Nc2ccc3c(c2O)C(O)=C2C(=O)[C@]4(O)C(O)=C(C(N)=O)C(=O)C(N(C)C)C4[C@@H](O)[C@@H]2C3C)CC1. The van der Waals surface area contributed by atoms with Gasteiger partial charge in [0, 0.05) is 30.6 Å². The fourth-order valence-corrected chi connectivity index (χ4v) is 7.57. The summed E-state index contributed by atoms with van der Waals surface area (Å²) in [7, 11) is 2.95. The quantitative estimate of drug-likeness (QED) is 0.184. The second-order valence-electron chi connectivity index (χ2n) is 12.2. The predicted molar refractivity (Wildman–Crippen MR) is 154 cm³/mol. The monoisotopic (exact) mass is 584 g/mol. The number of anilines is 1. The van der Waals surface area contributed by atoms with Crippen LogP contribution in [0, 0.1) is 11.8 Å². The Kier molecular flexibility index (Phi) is 7.63. The minimum atomic E-state index is -2.93. The fraction of sp³-hybridized carbons (Fsp3) is 0.567. The van der Waals surface area contributed by atoms with Crippen molar-refractivity contribution in [1.29, 1.82) is 0 Å². The van der Waals surface area contributed by atoms with Gasteiger partial charge in [0.05, 0.1) is 29.3 Å². The van der Waals surface area contributed by atoms with E-state index in [0.717, 1.165) is 38.9 Å². The maximum Gasteiger partial charge on any atom is 0.255 e. The van der Waals surface area contributed by atoms with E-state index in [1.165, 1.54) is 19.0 Å². The Morgan fingerprint density at radius 3 is 2.38 bits per heavy atom.